The van der Waals surface area contributed by atoms with Crippen molar-refractivity contribution in [2.45, 2.75) is 0 Å². The molecule has 0 amide bonds. The van der Waals surface area contributed by atoms with Crippen molar-refractivity contribution in [2.24, 2.45) is 0 Å². The number of hydrogen-bond acceptors (Lipinski definition) is 3. The second-order valence-corrected chi connectivity index (χ2v) is 8.98. The first kappa shape index (κ1) is 16.7. The number of benzene rings is 3. The molecule has 0 saturated carbocycles. The molecule has 0 aromatic heterocycles. The Hall–Kier alpha value is -2.17. The van der Waals surface area contributed by atoms with Gasteiger partial charge in [-0.15, -0.1) is 0 Å². The minimum absolute atomic E-state index is 0.962. The Bertz CT molecular complexity index is 750. The van der Waals surface area contributed by atoms with E-state index in [1.54, 1.807) is 0 Å². The van der Waals surface area contributed by atoms with Crippen LogP contribution >= 0.6 is 6.34 Å². The summed E-state index contributed by atoms with van der Waals surface area (Å²) in [7, 11) is 0. The Morgan fingerprint density at radius 2 is 0.917 bits per heavy atom. The fraction of sp³-hybridized carbons (Fsp3) is 0. The third-order valence-electron chi connectivity index (χ3n) is 3.38. The van der Waals surface area contributed by atoms with Crippen LogP contribution in [0.25, 0.3) is 0 Å². The van der Waals surface area contributed by atoms with Gasteiger partial charge in [0.15, 0.2) is 0 Å². The molecule has 4 N–H and O–H groups in total. The van der Waals surface area contributed by atoms with Crippen molar-refractivity contribution in [2.75, 3.05) is 10.9 Å². The second kappa shape index (κ2) is 8.08. The summed E-state index contributed by atoms with van der Waals surface area (Å²) in [6.07, 6.45) is -2.29. The molecule has 0 bridgehead atoms. The Balaban J connectivity index is 1.77. The van der Waals surface area contributed by atoms with Crippen LogP contribution in [0.5, 0.6) is 0 Å². The average molecular weight is 354 g/mol. The van der Waals surface area contributed by atoms with Crippen molar-refractivity contribution in [3.8, 4) is 0 Å². The number of rotatable bonds is 7. The number of hydrogen-bond donors (Lipinski definition) is 4. The van der Waals surface area contributed by atoms with E-state index in [1.807, 2.05) is 91.0 Å². The summed E-state index contributed by atoms with van der Waals surface area (Å²) in [5.74, 6) is 0. The summed E-state index contributed by atoms with van der Waals surface area (Å²) in [5, 5.41) is 7.64. The van der Waals surface area contributed by atoms with E-state index in [1.165, 1.54) is 0 Å². The molecule has 0 heterocycles. The molecule has 0 saturated heterocycles. The lowest BCUT2D eigenvalue weighted by Gasteiger charge is -2.26. The monoisotopic (exact) mass is 354 g/mol. The van der Waals surface area contributed by atoms with Gasteiger partial charge in [0.1, 0.15) is 6.34 Å². The molecule has 0 spiro atoms. The largest absolute Gasteiger partial charge is 0.316 e. The number of nitrogens with one attached hydrogen (secondary N) is 4. The fourth-order valence-electron chi connectivity index (χ4n) is 2.12. The van der Waals surface area contributed by atoms with Crippen LogP contribution in [-0.4, -0.2) is 0 Å². The molecule has 3 aromatic carbocycles. The lowest BCUT2D eigenvalue weighted by atomic mass is 10.3. The van der Waals surface area contributed by atoms with Gasteiger partial charge in [-0.05, 0) is 24.3 Å². The molecule has 24 heavy (non-hydrogen) atoms. The van der Waals surface area contributed by atoms with Crippen LogP contribution in [0.1, 0.15) is 0 Å². The maximum atomic E-state index is 5.93. The highest BCUT2D eigenvalue weighted by atomic mass is 32.4. The summed E-state index contributed by atoms with van der Waals surface area (Å²) in [4.78, 5) is 0. The highest BCUT2D eigenvalue weighted by molar-refractivity contribution is 8.16. The molecule has 0 radical (unpaired) electrons. The van der Waals surface area contributed by atoms with E-state index < -0.39 is 6.34 Å². The molecule has 0 unspecified atom stereocenters. The molecule has 0 atom stereocenters. The van der Waals surface area contributed by atoms with Crippen LogP contribution in [0.15, 0.2) is 91.0 Å². The fourth-order valence-corrected chi connectivity index (χ4v) is 4.24. The van der Waals surface area contributed by atoms with E-state index in [0.717, 1.165) is 16.7 Å². The van der Waals surface area contributed by atoms with E-state index in [2.05, 4.69) is 21.2 Å². The summed E-state index contributed by atoms with van der Waals surface area (Å²) < 4.78 is 0. The average Bonchev–Trinajstić information content (AvgIpc) is 2.67. The van der Waals surface area contributed by atoms with Crippen molar-refractivity contribution in [1.82, 2.24) is 10.4 Å². The molecule has 0 aliphatic carbocycles. The predicted octanol–water partition coefficient (Wildman–Crippen LogP) is 3.85. The zero-order valence-corrected chi connectivity index (χ0v) is 14.7. The quantitative estimate of drug-likeness (QED) is 0.383. The second-order valence-electron chi connectivity index (χ2n) is 5.15. The van der Waals surface area contributed by atoms with Gasteiger partial charge in [-0.25, -0.2) is 0 Å². The van der Waals surface area contributed by atoms with E-state index in [4.69, 9.17) is 11.8 Å². The van der Waals surface area contributed by atoms with E-state index in [0.29, 0.717) is 0 Å². The Morgan fingerprint density at radius 3 is 1.33 bits per heavy atom. The third-order valence-corrected chi connectivity index (χ3v) is 6.44. The van der Waals surface area contributed by atoms with E-state index in [-0.39, 0.29) is 0 Å². The van der Waals surface area contributed by atoms with Crippen LogP contribution in [0.4, 0.5) is 11.4 Å². The maximum absolute atomic E-state index is 5.93. The van der Waals surface area contributed by atoms with Crippen LogP contribution in [0.3, 0.4) is 0 Å². The zero-order chi connectivity index (χ0) is 16.7. The van der Waals surface area contributed by atoms with Crippen LogP contribution in [-0.2, 0) is 11.8 Å². The van der Waals surface area contributed by atoms with Gasteiger partial charge in [-0.1, -0.05) is 78.5 Å². The first-order chi connectivity index (χ1) is 11.8. The summed E-state index contributed by atoms with van der Waals surface area (Å²) in [6, 6.07) is 29.8. The molecular formula is C18H19N4PS. The van der Waals surface area contributed by atoms with E-state index in [9.17, 15) is 0 Å². The molecular weight excluding hydrogens is 335 g/mol. The molecule has 3 rings (SSSR count). The summed E-state index contributed by atoms with van der Waals surface area (Å²) in [5.41, 5.74) is 8.35. The third kappa shape index (κ3) is 4.43. The van der Waals surface area contributed by atoms with Gasteiger partial charge in [0.25, 0.3) is 0 Å². The van der Waals surface area contributed by atoms with Crippen LogP contribution < -0.4 is 26.5 Å². The summed E-state index contributed by atoms with van der Waals surface area (Å²) >= 11 is 5.93. The predicted molar refractivity (Wildman–Crippen MR) is 107 cm³/mol. The zero-order valence-electron chi connectivity index (χ0n) is 13.0. The summed E-state index contributed by atoms with van der Waals surface area (Å²) in [6.45, 7) is 0. The van der Waals surface area contributed by atoms with Gasteiger partial charge in [0.05, 0.1) is 0 Å². The van der Waals surface area contributed by atoms with Crippen molar-refractivity contribution < 1.29 is 0 Å². The van der Waals surface area contributed by atoms with E-state index >= 15 is 0 Å². The lowest BCUT2D eigenvalue weighted by Crippen LogP contribution is -2.35. The smallest absolute Gasteiger partial charge is 0.136 e. The standard InChI is InChI=1S/C18H19N4PS/c24-23(18-14-8-3-9-15-18,21-19-16-10-4-1-5-11-16)22-20-17-12-6-2-7-13-17/h1-15,19-20H,(H2,21,22,24). The maximum Gasteiger partial charge on any atom is 0.136 e. The van der Waals surface area contributed by atoms with Crippen molar-refractivity contribution in [3.63, 3.8) is 0 Å². The molecule has 0 aliphatic rings. The minimum atomic E-state index is -2.29. The first-order valence-corrected chi connectivity index (χ1v) is 10.4. The minimum Gasteiger partial charge on any atom is -0.316 e. The van der Waals surface area contributed by atoms with Gasteiger partial charge in [0.2, 0.25) is 0 Å². The Kier molecular flexibility index (Phi) is 5.62. The Morgan fingerprint density at radius 1 is 0.542 bits per heavy atom. The van der Waals surface area contributed by atoms with Crippen LogP contribution in [0.2, 0.25) is 0 Å². The number of hydrazine groups is 2. The van der Waals surface area contributed by atoms with Crippen LogP contribution in [0, 0.1) is 0 Å². The number of anilines is 2. The van der Waals surface area contributed by atoms with Gasteiger partial charge in [0, 0.05) is 16.7 Å². The SMILES string of the molecule is S=P(NNc1ccccc1)(NNc1ccccc1)c1ccccc1. The molecule has 0 aliphatic heterocycles. The van der Waals surface area contributed by atoms with Gasteiger partial charge >= 0.3 is 0 Å². The van der Waals surface area contributed by atoms with Crippen molar-refractivity contribution in [1.29, 1.82) is 0 Å². The lowest BCUT2D eigenvalue weighted by molar-refractivity contribution is 1.11. The molecule has 4 nitrogen and oxygen atoms in total. The topological polar surface area (TPSA) is 48.1 Å². The first-order valence-electron chi connectivity index (χ1n) is 7.59. The van der Waals surface area contributed by atoms with Gasteiger partial charge < -0.3 is 10.9 Å². The highest BCUT2D eigenvalue weighted by Gasteiger charge is 2.18. The number of para-hydroxylation sites is 2. The van der Waals surface area contributed by atoms with Gasteiger partial charge in [-0.3, -0.25) is 0 Å². The molecule has 0 fully saturated rings. The van der Waals surface area contributed by atoms with Crippen molar-refractivity contribution >= 4 is 34.8 Å². The van der Waals surface area contributed by atoms with Gasteiger partial charge in [-0.2, -0.15) is 10.4 Å². The van der Waals surface area contributed by atoms with Crippen molar-refractivity contribution in [3.05, 3.63) is 91.0 Å². The normalized spacial score (nSPS) is 11.0. The molecule has 122 valence electrons. The highest BCUT2D eigenvalue weighted by Crippen LogP contribution is 2.34. The molecule has 6 heteroatoms. The Labute approximate surface area is 147 Å². The molecule has 3 aromatic rings.